The Morgan fingerprint density at radius 3 is 2.17 bits per heavy atom. The molecule has 3 rings (SSSR count). The average Bonchev–Trinajstić information content (AvgIpc) is 3.33. The van der Waals surface area contributed by atoms with Gasteiger partial charge in [0.15, 0.2) is 12.9 Å². The molecule has 7 unspecified atom stereocenters. The van der Waals surface area contributed by atoms with Gasteiger partial charge in [0.2, 0.25) is 0 Å². The van der Waals surface area contributed by atoms with Gasteiger partial charge in [0, 0.05) is 17.8 Å². The molecule has 0 aromatic heterocycles. The number of aliphatic hydroxyl groups is 1. The molecule has 1 saturated heterocycles. The molecule has 0 aromatic rings. The van der Waals surface area contributed by atoms with Crippen molar-refractivity contribution in [3.05, 3.63) is 0 Å². The topological polar surface area (TPSA) is 146 Å². The molecule has 10 nitrogen and oxygen atoms in total. The number of aliphatic hydroxyl groups excluding tert-OH is 1. The lowest BCUT2D eigenvalue weighted by Gasteiger charge is -2.36. The number of carbonyl (C=O) groups excluding carboxylic acids is 3. The summed E-state index contributed by atoms with van der Waals surface area (Å²) >= 11 is 0. The van der Waals surface area contributed by atoms with Crippen LogP contribution in [0.1, 0.15) is 27.2 Å². The van der Waals surface area contributed by atoms with Crippen LogP contribution in [0.25, 0.3) is 0 Å². The standard InChI is InChI=1S/C20H22F6O10/c1-17(2,3)36-14(29)10-7-4-6-9(10)13(28)35-12(6)11(7)34-8(27)5-33-16(32)19(23,24)20(25,26)18(21,22)15(30)31/h6-7,9-12,14,29H,4-5H2,1-3H3,(H,30,31). The van der Waals surface area contributed by atoms with Gasteiger partial charge in [-0.2, -0.15) is 26.3 Å². The fourth-order valence-electron chi connectivity index (χ4n) is 4.89. The molecule has 2 N–H and O–H groups in total. The van der Waals surface area contributed by atoms with Crippen molar-refractivity contribution in [2.45, 2.75) is 69.1 Å². The SMILES string of the molecule is CC(C)(C)OC(O)C1C2CC3C(OC(=O)C31)C2OC(=O)COC(=O)C(F)(F)C(F)(F)C(F)(F)C(=O)O. The second-order valence-corrected chi connectivity index (χ2v) is 9.75. The zero-order valence-electron chi connectivity index (χ0n) is 18.9. The minimum Gasteiger partial charge on any atom is -0.477 e. The molecule has 1 heterocycles. The van der Waals surface area contributed by atoms with Gasteiger partial charge >= 0.3 is 41.6 Å². The summed E-state index contributed by atoms with van der Waals surface area (Å²) in [5.41, 5.74) is -0.825. The van der Waals surface area contributed by atoms with E-state index in [0.29, 0.717) is 0 Å². The van der Waals surface area contributed by atoms with Gasteiger partial charge in [-0.15, -0.1) is 0 Å². The Bertz CT molecular complexity index is 948. The summed E-state index contributed by atoms with van der Waals surface area (Å²) in [5, 5.41) is 18.6. The lowest BCUT2D eigenvalue weighted by molar-refractivity contribution is -0.299. The van der Waals surface area contributed by atoms with Crippen LogP contribution in [0.5, 0.6) is 0 Å². The molecule has 2 bridgehead atoms. The summed E-state index contributed by atoms with van der Waals surface area (Å²) in [6.45, 7) is 3.18. The summed E-state index contributed by atoms with van der Waals surface area (Å²) in [4.78, 5) is 46.0. The van der Waals surface area contributed by atoms with E-state index in [4.69, 9.17) is 19.3 Å². The van der Waals surface area contributed by atoms with E-state index >= 15 is 0 Å². The van der Waals surface area contributed by atoms with E-state index in [1.165, 1.54) is 0 Å². The minimum atomic E-state index is -6.69. The van der Waals surface area contributed by atoms with Crippen LogP contribution in [0.3, 0.4) is 0 Å². The third-order valence-corrected chi connectivity index (χ3v) is 6.31. The van der Waals surface area contributed by atoms with Gasteiger partial charge in [0.1, 0.15) is 12.2 Å². The molecule has 3 aliphatic rings. The van der Waals surface area contributed by atoms with Gasteiger partial charge in [-0.05, 0) is 27.2 Å². The predicted molar refractivity (Wildman–Crippen MR) is 98.6 cm³/mol. The van der Waals surface area contributed by atoms with Crippen molar-refractivity contribution in [1.82, 2.24) is 0 Å². The van der Waals surface area contributed by atoms with Crippen molar-refractivity contribution in [2.75, 3.05) is 6.61 Å². The minimum absolute atomic E-state index is 0.253. The Labute approximate surface area is 198 Å². The molecular weight excluding hydrogens is 514 g/mol. The van der Waals surface area contributed by atoms with Gasteiger partial charge in [-0.25, -0.2) is 14.4 Å². The first-order valence-electron chi connectivity index (χ1n) is 10.5. The molecule has 3 fully saturated rings. The van der Waals surface area contributed by atoms with Gasteiger partial charge in [0.05, 0.1) is 11.5 Å². The highest BCUT2D eigenvalue weighted by Gasteiger charge is 2.79. The Kier molecular flexibility index (Phi) is 6.79. The zero-order chi connectivity index (χ0) is 27.6. The monoisotopic (exact) mass is 536 g/mol. The number of fused-ring (bicyclic) bond motifs is 1. The summed E-state index contributed by atoms with van der Waals surface area (Å²) in [6, 6.07) is 0. The Morgan fingerprint density at radius 2 is 1.64 bits per heavy atom. The highest BCUT2D eigenvalue weighted by atomic mass is 19.3. The zero-order valence-corrected chi connectivity index (χ0v) is 18.9. The van der Waals surface area contributed by atoms with Gasteiger partial charge in [0.25, 0.3) is 0 Å². The normalized spacial score (nSPS) is 30.7. The number of rotatable bonds is 9. The number of halogens is 6. The van der Waals surface area contributed by atoms with E-state index in [1.807, 2.05) is 0 Å². The molecule has 2 saturated carbocycles. The van der Waals surface area contributed by atoms with E-state index in [9.17, 15) is 50.6 Å². The van der Waals surface area contributed by atoms with Crippen LogP contribution in [0.2, 0.25) is 0 Å². The summed E-state index contributed by atoms with van der Waals surface area (Å²) in [5.74, 6) is -31.3. The number of esters is 3. The van der Waals surface area contributed by atoms with E-state index in [-0.39, 0.29) is 6.42 Å². The molecule has 7 atom stereocenters. The Balaban J connectivity index is 1.66. The first-order valence-corrected chi connectivity index (χ1v) is 10.5. The predicted octanol–water partition coefficient (Wildman–Crippen LogP) is 1.37. The molecule has 1 aliphatic heterocycles. The molecule has 204 valence electrons. The number of hydrogen-bond donors (Lipinski definition) is 2. The molecule has 0 amide bonds. The van der Waals surface area contributed by atoms with Crippen LogP contribution >= 0.6 is 0 Å². The second kappa shape index (κ2) is 8.75. The number of hydrogen-bond acceptors (Lipinski definition) is 9. The summed E-state index contributed by atoms with van der Waals surface area (Å²) < 4.78 is 99.7. The number of carboxylic acid groups (broad SMARTS) is 1. The highest BCUT2D eigenvalue weighted by Crippen LogP contribution is 2.60. The Morgan fingerprint density at radius 1 is 1.06 bits per heavy atom. The molecule has 0 spiro atoms. The van der Waals surface area contributed by atoms with Crippen molar-refractivity contribution < 1.29 is 74.7 Å². The lowest BCUT2D eigenvalue weighted by atomic mass is 9.78. The van der Waals surface area contributed by atoms with E-state index in [2.05, 4.69) is 4.74 Å². The maximum atomic E-state index is 13.7. The number of carboxylic acids is 1. The molecule has 0 radical (unpaired) electrons. The van der Waals surface area contributed by atoms with E-state index < -0.39 is 96.0 Å². The first-order chi connectivity index (χ1) is 16.2. The van der Waals surface area contributed by atoms with Crippen LogP contribution < -0.4 is 0 Å². The first kappa shape index (κ1) is 28.0. The van der Waals surface area contributed by atoms with E-state index in [0.717, 1.165) is 0 Å². The number of ether oxygens (including phenoxy) is 4. The van der Waals surface area contributed by atoms with Crippen LogP contribution in [0.4, 0.5) is 26.3 Å². The molecule has 2 aliphatic carbocycles. The lowest BCUT2D eigenvalue weighted by Crippen LogP contribution is -2.61. The van der Waals surface area contributed by atoms with Crippen molar-refractivity contribution in [2.24, 2.45) is 23.7 Å². The van der Waals surface area contributed by atoms with Crippen molar-refractivity contribution in [3.8, 4) is 0 Å². The van der Waals surface area contributed by atoms with Crippen LogP contribution in [-0.2, 0) is 38.1 Å². The smallest absolute Gasteiger partial charge is 0.411 e. The third-order valence-electron chi connectivity index (χ3n) is 6.31. The maximum Gasteiger partial charge on any atom is 0.411 e. The third kappa shape index (κ3) is 4.37. The fraction of sp³-hybridized carbons (Fsp3) is 0.800. The van der Waals surface area contributed by atoms with Crippen LogP contribution in [0.15, 0.2) is 0 Å². The number of carbonyl (C=O) groups is 4. The highest BCUT2D eigenvalue weighted by molar-refractivity contribution is 5.85. The largest absolute Gasteiger partial charge is 0.477 e. The maximum absolute atomic E-state index is 13.7. The average molecular weight is 536 g/mol. The van der Waals surface area contributed by atoms with Gasteiger partial charge in [-0.3, -0.25) is 4.79 Å². The van der Waals surface area contributed by atoms with Crippen molar-refractivity contribution >= 4 is 23.9 Å². The van der Waals surface area contributed by atoms with Crippen molar-refractivity contribution in [3.63, 3.8) is 0 Å². The van der Waals surface area contributed by atoms with Gasteiger partial charge < -0.3 is 29.2 Å². The summed E-state index contributed by atoms with van der Waals surface area (Å²) in [7, 11) is 0. The molecule has 16 heteroatoms. The quantitative estimate of drug-likeness (QED) is 0.192. The van der Waals surface area contributed by atoms with Crippen LogP contribution in [-0.4, -0.2) is 82.6 Å². The molecule has 36 heavy (non-hydrogen) atoms. The Hall–Kier alpha value is -2.62. The van der Waals surface area contributed by atoms with Crippen LogP contribution in [0, 0.1) is 23.7 Å². The van der Waals surface area contributed by atoms with E-state index in [1.54, 1.807) is 20.8 Å². The van der Waals surface area contributed by atoms with Gasteiger partial charge in [-0.1, -0.05) is 0 Å². The number of aliphatic carboxylic acids is 1. The second-order valence-electron chi connectivity index (χ2n) is 9.75. The number of alkyl halides is 6. The summed E-state index contributed by atoms with van der Waals surface area (Å²) in [6.07, 6.45) is -3.43. The molecule has 0 aromatic carbocycles. The molecular formula is C20H22F6O10. The van der Waals surface area contributed by atoms with Crippen molar-refractivity contribution in [1.29, 1.82) is 0 Å². The fourth-order valence-corrected chi connectivity index (χ4v) is 4.89.